The summed E-state index contributed by atoms with van der Waals surface area (Å²) in [5.41, 5.74) is 1.36. The van der Waals surface area contributed by atoms with Gasteiger partial charge >= 0.3 is 23.1 Å². The Labute approximate surface area is 277 Å². The summed E-state index contributed by atoms with van der Waals surface area (Å²) < 4.78 is 48.1. The molecule has 3 fully saturated rings. The Hall–Kier alpha value is -3.44. The van der Waals surface area contributed by atoms with Crippen LogP contribution in [0.4, 0.5) is 14.6 Å². The first-order valence-electron chi connectivity index (χ1n) is 15.5. The molecule has 0 N–H and O–H groups in total. The van der Waals surface area contributed by atoms with Crippen LogP contribution in [-0.2, 0) is 37.8 Å². The van der Waals surface area contributed by atoms with E-state index in [9.17, 15) is 9.18 Å². The maximum absolute atomic E-state index is 16.8. The van der Waals surface area contributed by atoms with Gasteiger partial charge in [-0.15, -0.1) is 6.54 Å². The number of aromatic nitrogens is 3. The van der Waals surface area contributed by atoms with Gasteiger partial charge in [-0.05, 0) is 35.7 Å². The Morgan fingerprint density at radius 1 is 1.20 bits per heavy atom. The molecule has 0 bridgehead atoms. The van der Waals surface area contributed by atoms with E-state index in [1.165, 1.54) is 6.47 Å². The van der Waals surface area contributed by atoms with E-state index < -0.39 is 17.5 Å². The van der Waals surface area contributed by atoms with E-state index >= 15 is 4.39 Å². The number of rotatable bonds is 9. The number of benzene rings is 2. The third-order valence-electron chi connectivity index (χ3n) is 9.27. The number of anilines is 1. The second-order valence-corrected chi connectivity index (χ2v) is 12.3. The maximum Gasteiger partial charge on any atom is 2.00 e. The van der Waals surface area contributed by atoms with Crippen molar-refractivity contribution in [1.82, 2.24) is 19.9 Å². The molecule has 1 radical (unpaired) electrons. The molecular formula is C34H35F2MnN5O4. The van der Waals surface area contributed by atoms with Crippen LogP contribution in [-0.4, -0.2) is 90.6 Å². The minimum atomic E-state index is -0.891. The molecule has 3 aliphatic heterocycles. The van der Waals surface area contributed by atoms with Crippen LogP contribution in [0, 0.1) is 11.7 Å². The Morgan fingerprint density at radius 3 is 2.89 bits per heavy atom. The SMILES string of the molecule is C[C-]1COCCN(c2nc(OC[C@@]34CCCN3C[C@H](F)C4)nc3c(F)c(-c4cccc5cccc(CCO[C-]=O)c45)ncc23)C1.[Mn+2]. The molecule has 0 aliphatic carbocycles. The number of carbonyl (C=O) groups excluding carboxylic acids is 1. The van der Waals surface area contributed by atoms with E-state index in [2.05, 4.69) is 14.9 Å². The van der Waals surface area contributed by atoms with Crippen molar-refractivity contribution < 1.29 is 44.9 Å². The van der Waals surface area contributed by atoms with Crippen LogP contribution < -0.4 is 9.64 Å². The summed E-state index contributed by atoms with van der Waals surface area (Å²) in [6, 6.07) is 11.5. The van der Waals surface area contributed by atoms with Crippen molar-refractivity contribution in [1.29, 1.82) is 0 Å². The molecule has 0 spiro atoms. The van der Waals surface area contributed by atoms with Gasteiger partial charge in [-0.2, -0.15) is 16.9 Å². The molecule has 241 valence electrons. The normalized spacial score (nSPS) is 22.1. The van der Waals surface area contributed by atoms with Crippen molar-refractivity contribution in [2.75, 3.05) is 57.5 Å². The molecule has 46 heavy (non-hydrogen) atoms. The fraction of sp³-hybridized carbons (Fsp3) is 0.441. The molecule has 0 saturated carbocycles. The summed E-state index contributed by atoms with van der Waals surface area (Å²) >= 11 is 0. The summed E-state index contributed by atoms with van der Waals surface area (Å²) in [5.74, 6) is 1.05. The summed E-state index contributed by atoms with van der Waals surface area (Å²) in [5, 5.41) is 2.20. The number of hydrogen-bond donors (Lipinski definition) is 0. The van der Waals surface area contributed by atoms with Crippen molar-refractivity contribution >= 4 is 34.0 Å². The quantitative estimate of drug-likeness (QED) is 0.139. The Bertz CT molecular complexity index is 1730. The monoisotopic (exact) mass is 670 g/mol. The standard InChI is InChI=1S/C34H35F2N5O4.Mn/c1-22-17-40(12-14-43-19-22)32-27-16-37-30(26-8-3-7-23-5-2-6-24(28(23)26)9-13-44-21-42)29(36)31(27)38-33(39-32)45-20-34-10-4-11-41(34)18-25(35)15-34;/h2-3,5-8,16,25H,4,9-15,17-20H2,1H3;/q-2;+2/t25-,34+;/m1./s1. The van der Waals surface area contributed by atoms with E-state index in [1.54, 1.807) is 6.20 Å². The van der Waals surface area contributed by atoms with Gasteiger partial charge in [0.1, 0.15) is 29.8 Å². The van der Waals surface area contributed by atoms with E-state index in [0.29, 0.717) is 62.5 Å². The molecular weight excluding hydrogens is 635 g/mol. The summed E-state index contributed by atoms with van der Waals surface area (Å²) in [6.45, 7) is 7.30. The first-order chi connectivity index (χ1) is 22.0. The van der Waals surface area contributed by atoms with Crippen LogP contribution in [0.2, 0.25) is 0 Å². The van der Waals surface area contributed by atoms with Crippen LogP contribution in [0.5, 0.6) is 6.01 Å². The van der Waals surface area contributed by atoms with Crippen LogP contribution in [0.1, 0.15) is 31.7 Å². The number of halogens is 2. The third kappa shape index (κ3) is 6.15. The van der Waals surface area contributed by atoms with E-state index in [1.807, 2.05) is 48.2 Å². The first kappa shape index (κ1) is 32.5. The third-order valence-corrected chi connectivity index (χ3v) is 9.27. The van der Waals surface area contributed by atoms with Gasteiger partial charge in [0.2, 0.25) is 0 Å². The molecule has 0 unspecified atom stereocenters. The zero-order valence-electron chi connectivity index (χ0n) is 25.6. The average Bonchev–Trinajstić information content (AvgIpc) is 3.47. The Kier molecular flexibility index (Phi) is 9.70. The first-order valence-corrected chi connectivity index (χ1v) is 15.5. The average molecular weight is 671 g/mol. The van der Waals surface area contributed by atoms with Crippen molar-refractivity contribution in [3.05, 3.63) is 59.9 Å². The molecule has 2 atom stereocenters. The fourth-order valence-corrected chi connectivity index (χ4v) is 7.24. The molecule has 7 rings (SSSR count). The molecule has 9 nitrogen and oxygen atoms in total. The van der Waals surface area contributed by atoms with Gasteiger partial charge in [0, 0.05) is 37.7 Å². The minimum absolute atomic E-state index is 0. The number of fused-ring (bicyclic) bond motifs is 3. The predicted octanol–water partition coefficient (Wildman–Crippen LogP) is 4.99. The topological polar surface area (TPSA) is 89.9 Å². The van der Waals surface area contributed by atoms with Crippen molar-refractivity contribution in [2.24, 2.45) is 0 Å². The number of pyridine rings is 1. The fourth-order valence-electron chi connectivity index (χ4n) is 7.24. The second-order valence-electron chi connectivity index (χ2n) is 12.3. The van der Waals surface area contributed by atoms with Crippen molar-refractivity contribution in [2.45, 2.75) is 44.3 Å². The van der Waals surface area contributed by atoms with Gasteiger partial charge < -0.3 is 23.9 Å². The van der Waals surface area contributed by atoms with Gasteiger partial charge in [-0.3, -0.25) is 15.8 Å². The number of alkyl halides is 1. The number of hydrogen-bond acceptors (Lipinski definition) is 9. The molecule has 12 heteroatoms. The van der Waals surface area contributed by atoms with Gasteiger partial charge in [-0.25, -0.2) is 8.78 Å². The van der Waals surface area contributed by atoms with E-state index in [0.717, 1.165) is 41.6 Å². The zero-order valence-corrected chi connectivity index (χ0v) is 26.8. The van der Waals surface area contributed by atoms with Gasteiger partial charge in [0.05, 0.1) is 24.1 Å². The van der Waals surface area contributed by atoms with Crippen LogP contribution in [0.15, 0.2) is 42.6 Å². The van der Waals surface area contributed by atoms with E-state index in [4.69, 9.17) is 19.2 Å². The summed E-state index contributed by atoms with van der Waals surface area (Å²) in [4.78, 5) is 28.9. The molecule has 3 saturated heterocycles. The van der Waals surface area contributed by atoms with E-state index in [-0.39, 0.29) is 47.5 Å². The van der Waals surface area contributed by atoms with Crippen LogP contribution >= 0.6 is 0 Å². The van der Waals surface area contributed by atoms with Crippen LogP contribution in [0.25, 0.3) is 32.9 Å². The maximum atomic E-state index is 16.8. The molecule has 4 aromatic rings. The second kappa shape index (κ2) is 13.7. The van der Waals surface area contributed by atoms with Gasteiger partial charge in [0.25, 0.3) is 0 Å². The minimum Gasteiger partial charge on any atom is -0.652 e. The van der Waals surface area contributed by atoms with Crippen LogP contribution in [0.3, 0.4) is 0 Å². The molecule has 5 heterocycles. The number of nitrogens with zero attached hydrogens (tertiary/aromatic N) is 5. The smallest absolute Gasteiger partial charge is 0.652 e. The van der Waals surface area contributed by atoms with Gasteiger partial charge in [-0.1, -0.05) is 49.5 Å². The van der Waals surface area contributed by atoms with Crippen molar-refractivity contribution in [3.63, 3.8) is 0 Å². The van der Waals surface area contributed by atoms with Crippen molar-refractivity contribution in [3.8, 4) is 17.3 Å². The summed E-state index contributed by atoms with van der Waals surface area (Å²) in [7, 11) is 0. The number of ether oxygens (including phenoxy) is 3. The molecule has 0 amide bonds. The molecule has 2 aromatic carbocycles. The predicted molar refractivity (Wildman–Crippen MR) is 166 cm³/mol. The molecule has 3 aliphatic rings. The molecule has 2 aromatic heterocycles. The zero-order chi connectivity index (χ0) is 31.0. The Morgan fingerprint density at radius 2 is 2.04 bits per heavy atom. The Balaban J connectivity index is 0.00000372. The largest absolute Gasteiger partial charge is 2.00 e. The van der Waals surface area contributed by atoms with Gasteiger partial charge in [0.15, 0.2) is 5.82 Å². The summed E-state index contributed by atoms with van der Waals surface area (Å²) in [6.07, 6.45) is 3.41.